The molecule has 0 saturated heterocycles. The van der Waals surface area contributed by atoms with Gasteiger partial charge in [0.2, 0.25) is 0 Å². The number of fused-ring (bicyclic) bond motifs is 4. The van der Waals surface area contributed by atoms with Gasteiger partial charge in [0.1, 0.15) is 5.75 Å². The first-order chi connectivity index (χ1) is 10.8. The van der Waals surface area contributed by atoms with Crippen LogP contribution in [0.2, 0.25) is 0 Å². The van der Waals surface area contributed by atoms with Gasteiger partial charge in [0, 0.05) is 33.3 Å². The van der Waals surface area contributed by atoms with Gasteiger partial charge in [-0.3, -0.25) is 4.79 Å². The van der Waals surface area contributed by atoms with Gasteiger partial charge in [-0.2, -0.15) is 0 Å². The van der Waals surface area contributed by atoms with Crippen molar-refractivity contribution in [2.75, 3.05) is 5.73 Å². The second kappa shape index (κ2) is 4.38. The summed E-state index contributed by atoms with van der Waals surface area (Å²) in [5, 5.41) is 10.9. The van der Waals surface area contributed by atoms with Gasteiger partial charge in [-0.05, 0) is 45.8 Å². The topological polar surface area (TPSA) is 79.1 Å². The van der Waals surface area contributed by atoms with Gasteiger partial charge in [-0.15, -0.1) is 0 Å². The van der Waals surface area contributed by atoms with Crippen LogP contribution >= 0.6 is 15.9 Å². The number of benzene rings is 2. The number of rotatable bonds is 0. The zero-order valence-corrected chi connectivity index (χ0v) is 14.3. The van der Waals surface area contributed by atoms with Crippen LogP contribution in [0.1, 0.15) is 41.0 Å². The van der Waals surface area contributed by atoms with Gasteiger partial charge in [-0.25, -0.2) is 0 Å². The third-order valence-electron chi connectivity index (χ3n) is 4.68. The smallest absolute Gasteiger partial charge is 0.195 e. The van der Waals surface area contributed by atoms with Crippen LogP contribution in [0.25, 0.3) is 10.9 Å². The molecular weight excluding hydrogens is 356 g/mol. The van der Waals surface area contributed by atoms with Crippen molar-refractivity contribution in [2.24, 2.45) is 0 Å². The molecule has 4 rings (SSSR count). The highest BCUT2D eigenvalue weighted by atomic mass is 79.9. The number of halogens is 1. The van der Waals surface area contributed by atoms with E-state index in [0.717, 1.165) is 22.2 Å². The second-order valence-corrected chi connectivity index (χ2v) is 7.34. The van der Waals surface area contributed by atoms with Gasteiger partial charge in [-0.1, -0.05) is 19.9 Å². The van der Waals surface area contributed by atoms with Crippen LogP contribution < -0.4 is 5.73 Å². The molecular formula is C18H15BrN2O2. The van der Waals surface area contributed by atoms with Crippen molar-refractivity contribution in [3.63, 3.8) is 0 Å². The SMILES string of the molecule is CC1(C)c2cc(O)c(Br)cc2C(=O)c2c1[nH]c1cc(N)ccc21. The fourth-order valence-electron chi connectivity index (χ4n) is 3.46. The van der Waals surface area contributed by atoms with Crippen molar-refractivity contribution in [3.05, 3.63) is 57.2 Å². The predicted molar refractivity (Wildman–Crippen MR) is 94.1 cm³/mol. The number of aromatic hydroxyl groups is 1. The quantitative estimate of drug-likeness (QED) is 0.521. The molecule has 0 aliphatic heterocycles. The summed E-state index contributed by atoms with van der Waals surface area (Å²) in [5.74, 6) is 0.0967. The average Bonchev–Trinajstić information content (AvgIpc) is 2.87. The molecule has 0 radical (unpaired) electrons. The number of ketones is 1. The van der Waals surface area contributed by atoms with Crippen LogP contribution in [-0.4, -0.2) is 15.9 Å². The normalized spacial score (nSPS) is 15.5. The Morgan fingerprint density at radius 1 is 1.22 bits per heavy atom. The minimum Gasteiger partial charge on any atom is -0.507 e. The molecule has 3 aromatic rings. The van der Waals surface area contributed by atoms with Gasteiger partial charge in [0.25, 0.3) is 0 Å². The van der Waals surface area contributed by atoms with Crippen LogP contribution in [0.5, 0.6) is 5.75 Å². The monoisotopic (exact) mass is 370 g/mol. The lowest BCUT2D eigenvalue weighted by Crippen LogP contribution is -2.30. The first-order valence-electron chi connectivity index (χ1n) is 7.30. The molecule has 2 aromatic carbocycles. The lowest BCUT2D eigenvalue weighted by Gasteiger charge is -2.32. The molecule has 23 heavy (non-hydrogen) atoms. The van der Waals surface area contributed by atoms with Crippen LogP contribution in [0.4, 0.5) is 5.69 Å². The molecule has 4 nitrogen and oxygen atoms in total. The van der Waals surface area contributed by atoms with Crippen LogP contribution in [-0.2, 0) is 5.41 Å². The van der Waals surface area contributed by atoms with Crippen molar-refractivity contribution < 1.29 is 9.90 Å². The molecule has 4 N–H and O–H groups in total. The van der Waals surface area contributed by atoms with Crippen molar-refractivity contribution in [1.29, 1.82) is 0 Å². The molecule has 1 heterocycles. The largest absolute Gasteiger partial charge is 0.507 e. The Hall–Kier alpha value is -2.27. The van der Waals surface area contributed by atoms with Crippen LogP contribution in [0.3, 0.4) is 0 Å². The number of aromatic nitrogens is 1. The Morgan fingerprint density at radius 3 is 2.70 bits per heavy atom. The maximum atomic E-state index is 13.1. The molecule has 1 aliphatic rings. The Labute approximate surface area is 141 Å². The van der Waals surface area contributed by atoms with Gasteiger partial charge < -0.3 is 15.8 Å². The van der Waals surface area contributed by atoms with Gasteiger partial charge in [0.05, 0.1) is 10.0 Å². The van der Waals surface area contributed by atoms with E-state index in [2.05, 4.69) is 20.9 Å². The van der Waals surface area contributed by atoms with E-state index in [0.29, 0.717) is 21.3 Å². The Bertz CT molecular complexity index is 1000. The van der Waals surface area contributed by atoms with E-state index in [4.69, 9.17) is 5.73 Å². The van der Waals surface area contributed by atoms with Gasteiger partial charge >= 0.3 is 0 Å². The van der Waals surface area contributed by atoms with Crippen LogP contribution in [0.15, 0.2) is 34.8 Å². The highest BCUT2D eigenvalue weighted by Gasteiger charge is 2.40. The Kier molecular flexibility index (Phi) is 2.73. The first kappa shape index (κ1) is 14.3. The number of H-pyrrole nitrogens is 1. The van der Waals surface area contributed by atoms with E-state index < -0.39 is 5.41 Å². The molecule has 1 aliphatic carbocycles. The number of hydrogen-bond donors (Lipinski definition) is 3. The van der Waals surface area contributed by atoms with E-state index in [-0.39, 0.29) is 11.5 Å². The first-order valence-corrected chi connectivity index (χ1v) is 8.09. The number of hydrogen-bond acceptors (Lipinski definition) is 3. The van der Waals surface area contributed by atoms with E-state index in [9.17, 15) is 9.90 Å². The van der Waals surface area contributed by atoms with Crippen molar-refractivity contribution in [2.45, 2.75) is 19.3 Å². The molecule has 0 fully saturated rings. The highest BCUT2D eigenvalue weighted by Crippen LogP contribution is 2.46. The third kappa shape index (κ3) is 1.80. The maximum Gasteiger partial charge on any atom is 0.195 e. The number of anilines is 1. The number of phenolic OH excluding ortho intramolecular Hbond substituents is 1. The number of carbonyl (C=O) groups is 1. The third-order valence-corrected chi connectivity index (χ3v) is 5.31. The van der Waals surface area contributed by atoms with E-state index in [1.54, 1.807) is 18.2 Å². The minimum absolute atomic E-state index is 0.0361. The van der Waals surface area contributed by atoms with E-state index >= 15 is 0 Å². The minimum atomic E-state index is -0.426. The molecule has 0 amide bonds. The molecule has 0 atom stereocenters. The van der Waals surface area contributed by atoms with E-state index in [1.807, 2.05) is 26.0 Å². The predicted octanol–water partition coefficient (Wildman–Crippen LogP) is 4.09. The summed E-state index contributed by atoms with van der Waals surface area (Å²) >= 11 is 3.30. The summed E-state index contributed by atoms with van der Waals surface area (Å²) in [4.78, 5) is 16.4. The number of phenols is 1. The second-order valence-electron chi connectivity index (χ2n) is 6.48. The van der Waals surface area contributed by atoms with E-state index in [1.165, 1.54) is 0 Å². The fourth-order valence-corrected chi connectivity index (χ4v) is 3.80. The molecule has 0 unspecified atom stereocenters. The molecule has 0 spiro atoms. The van der Waals surface area contributed by atoms with Gasteiger partial charge in [0.15, 0.2) is 5.78 Å². The molecule has 116 valence electrons. The number of nitrogen functional groups attached to an aromatic ring is 1. The summed E-state index contributed by atoms with van der Waals surface area (Å²) in [6, 6.07) is 8.90. The standard InChI is InChI=1S/C18H15BrN2O2/c1-18(2)11-7-14(22)12(19)6-10(11)16(23)15-9-4-3-8(20)5-13(9)21-17(15)18/h3-7,21-22H,20H2,1-2H3. The van der Waals surface area contributed by atoms with Crippen LogP contribution in [0, 0.1) is 0 Å². The summed E-state index contributed by atoms with van der Waals surface area (Å²) in [7, 11) is 0. The van der Waals surface area contributed by atoms with Crippen molar-refractivity contribution in [3.8, 4) is 5.75 Å². The lowest BCUT2D eigenvalue weighted by molar-refractivity contribution is 0.103. The number of carbonyl (C=O) groups excluding carboxylic acids is 1. The molecule has 0 saturated carbocycles. The summed E-state index contributed by atoms with van der Waals surface area (Å²) < 4.78 is 0.521. The number of nitrogens with two attached hydrogens (primary N) is 1. The zero-order valence-electron chi connectivity index (χ0n) is 12.7. The number of nitrogens with one attached hydrogen (secondary N) is 1. The fraction of sp³-hybridized carbons (Fsp3) is 0.167. The highest BCUT2D eigenvalue weighted by molar-refractivity contribution is 9.10. The average molecular weight is 371 g/mol. The Balaban J connectivity index is 2.12. The van der Waals surface area contributed by atoms with Crippen molar-refractivity contribution in [1.82, 2.24) is 4.98 Å². The summed E-state index contributed by atoms with van der Waals surface area (Å²) in [6.45, 7) is 4.09. The van der Waals surface area contributed by atoms with Crippen molar-refractivity contribution >= 4 is 38.3 Å². The summed E-state index contributed by atoms with van der Waals surface area (Å²) in [6.07, 6.45) is 0. The lowest BCUT2D eigenvalue weighted by atomic mass is 9.71. The molecule has 5 heteroatoms. The summed E-state index contributed by atoms with van der Waals surface area (Å²) in [5.41, 5.74) is 9.92. The zero-order chi connectivity index (χ0) is 16.5. The maximum absolute atomic E-state index is 13.1. The number of aromatic amines is 1. The molecule has 0 bridgehead atoms. The Morgan fingerprint density at radius 2 is 1.96 bits per heavy atom. The molecule has 1 aromatic heterocycles.